The molecule has 2 heterocycles. The molecule has 0 spiro atoms. The van der Waals surface area contributed by atoms with Gasteiger partial charge in [0.1, 0.15) is 5.69 Å². The second-order valence-electron chi connectivity index (χ2n) is 5.09. The van der Waals surface area contributed by atoms with E-state index >= 15 is 0 Å². The van der Waals surface area contributed by atoms with Crippen molar-refractivity contribution in [2.45, 2.75) is 19.9 Å². The molecule has 114 valence electrons. The molecule has 2 aromatic rings. The third-order valence-corrected chi connectivity index (χ3v) is 3.35. The van der Waals surface area contributed by atoms with Crippen LogP contribution < -0.4 is 15.0 Å². The van der Waals surface area contributed by atoms with Crippen molar-refractivity contribution in [2.24, 2.45) is 7.05 Å². The highest BCUT2D eigenvalue weighted by Gasteiger charge is 2.13. The number of hydrogen-bond donors (Lipinski definition) is 1. The van der Waals surface area contributed by atoms with Crippen molar-refractivity contribution in [3.63, 3.8) is 0 Å². The molecular weight excluding hydrogens is 266 g/mol. The molecule has 0 fully saturated rings. The number of ether oxygens (including phenoxy) is 1. The molecule has 2 aromatic heterocycles. The Morgan fingerprint density at radius 2 is 2.14 bits per heavy atom. The van der Waals surface area contributed by atoms with Gasteiger partial charge in [-0.05, 0) is 12.5 Å². The smallest absolute Gasteiger partial charge is 0.239 e. The van der Waals surface area contributed by atoms with Crippen molar-refractivity contribution >= 4 is 11.4 Å². The van der Waals surface area contributed by atoms with Crippen molar-refractivity contribution in [3.05, 3.63) is 29.7 Å². The molecule has 21 heavy (non-hydrogen) atoms. The predicted octanol–water partition coefficient (Wildman–Crippen LogP) is 2.06. The average molecular weight is 289 g/mol. The summed E-state index contributed by atoms with van der Waals surface area (Å²) in [4.78, 5) is 6.31. The van der Waals surface area contributed by atoms with E-state index in [0.717, 1.165) is 23.5 Å². The molecule has 1 N–H and O–H groups in total. The molecule has 0 saturated heterocycles. The van der Waals surface area contributed by atoms with Gasteiger partial charge in [0.2, 0.25) is 5.88 Å². The van der Waals surface area contributed by atoms with Crippen LogP contribution in [0.5, 0.6) is 5.88 Å². The highest BCUT2D eigenvalue weighted by molar-refractivity contribution is 5.74. The Hall–Kier alpha value is -2.24. The van der Waals surface area contributed by atoms with Gasteiger partial charge in [-0.25, -0.2) is 4.98 Å². The molecule has 0 aromatic carbocycles. The van der Waals surface area contributed by atoms with Crippen LogP contribution in [0.3, 0.4) is 0 Å². The first-order valence-corrected chi connectivity index (χ1v) is 7.02. The summed E-state index contributed by atoms with van der Waals surface area (Å²) >= 11 is 0. The van der Waals surface area contributed by atoms with E-state index in [-0.39, 0.29) is 0 Å². The van der Waals surface area contributed by atoms with Gasteiger partial charge in [0, 0.05) is 45.6 Å². The average Bonchev–Trinajstić information content (AvgIpc) is 2.84. The summed E-state index contributed by atoms with van der Waals surface area (Å²) in [5.74, 6) is 0.600. The Balaban J connectivity index is 2.26. The number of methoxy groups -OCH3 is 1. The normalized spacial score (nSPS) is 10.5. The molecule has 0 radical (unpaired) electrons. The molecule has 6 nitrogen and oxygen atoms in total. The Labute approximate surface area is 125 Å². The summed E-state index contributed by atoms with van der Waals surface area (Å²) < 4.78 is 7.22. The molecule has 0 aliphatic heterocycles. The van der Waals surface area contributed by atoms with E-state index in [4.69, 9.17) is 4.74 Å². The maximum atomic E-state index is 5.37. The minimum absolute atomic E-state index is 0.600. The van der Waals surface area contributed by atoms with Gasteiger partial charge >= 0.3 is 0 Å². The monoisotopic (exact) mass is 289 g/mol. The lowest BCUT2D eigenvalue weighted by atomic mass is 10.2. The Kier molecular flexibility index (Phi) is 4.67. The van der Waals surface area contributed by atoms with Gasteiger partial charge in [-0.2, -0.15) is 5.10 Å². The van der Waals surface area contributed by atoms with Gasteiger partial charge in [0.05, 0.1) is 18.5 Å². The largest absolute Gasteiger partial charge is 0.479 e. The number of hydrogen-bond acceptors (Lipinski definition) is 5. The second-order valence-corrected chi connectivity index (χ2v) is 5.09. The Bertz CT molecular complexity index is 606. The van der Waals surface area contributed by atoms with Crippen molar-refractivity contribution in [1.29, 1.82) is 0 Å². The first kappa shape index (κ1) is 15.2. The molecule has 0 saturated carbocycles. The summed E-state index contributed by atoms with van der Waals surface area (Å²) in [6, 6.07) is 1.97. The number of aryl methyl sites for hydroxylation is 2. The van der Waals surface area contributed by atoms with Crippen LogP contribution in [-0.4, -0.2) is 36.0 Å². The fourth-order valence-corrected chi connectivity index (χ4v) is 2.34. The van der Waals surface area contributed by atoms with E-state index in [1.165, 1.54) is 5.56 Å². The Morgan fingerprint density at radius 3 is 2.76 bits per heavy atom. The fourth-order valence-electron chi connectivity index (χ4n) is 2.34. The lowest BCUT2D eigenvalue weighted by Crippen LogP contribution is -2.13. The third kappa shape index (κ3) is 3.26. The number of rotatable bonds is 6. The zero-order valence-electron chi connectivity index (χ0n) is 13.3. The van der Waals surface area contributed by atoms with Gasteiger partial charge < -0.3 is 15.0 Å². The molecule has 0 aliphatic rings. The van der Waals surface area contributed by atoms with Crippen LogP contribution in [0.2, 0.25) is 0 Å². The van der Waals surface area contributed by atoms with Crippen LogP contribution in [0.1, 0.15) is 18.2 Å². The maximum absolute atomic E-state index is 5.37. The van der Waals surface area contributed by atoms with Crippen LogP contribution in [0.4, 0.5) is 11.4 Å². The zero-order chi connectivity index (χ0) is 15.4. The van der Waals surface area contributed by atoms with Crippen molar-refractivity contribution in [3.8, 4) is 5.88 Å². The summed E-state index contributed by atoms with van der Waals surface area (Å²) in [5, 5.41) is 7.90. The molecule has 0 atom stereocenters. The van der Waals surface area contributed by atoms with E-state index in [0.29, 0.717) is 12.4 Å². The first-order chi connectivity index (χ1) is 10.1. The molecule has 6 heteroatoms. The van der Waals surface area contributed by atoms with Crippen molar-refractivity contribution in [1.82, 2.24) is 14.8 Å². The van der Waals surface area contributed by atoms with E-state index in [2.05, 4.69) is 22.3 Å². The van der Waals surface area contributed by atoms with E-state index in [1.54, 1.807) is 13.3 Å². The van der Waals surface area contributed by atoms with Gasteiger partial charge in [-0.15, -0.1) is 0 Å². The number of pyridine rings is 1. The van der Waals surface area contributed by atoms with E-state index < -0.39 is 0 Å². The molecule has 0 bridgehead atoms. The van der Waals surface area contributed by atoms with Gasteiger partial charge in [-0.1, -0.05) is 6.92 Å². The van der Waals surface area contributed by atoms with E-state index in [9.17, 15) is 0 Å². The fraction of sp³-hybridized carbons (Fsp3) is 0.467. The van der Waals surface area contributed by atoms with Crippen LogP contribution in [0, 0.1) is 0 Å². The second kappa shape index (κ2) is 6.47. The maximum Gasteiger partial charge on any atom is 0.239 e. The zero-order valence-corrected chi connectivity index (χ0v) is 13.3. The third-order valence-electron chi connectivity index (χ3n) is 3.35. The molecule has 0 unspecified atom stereocenters. The van der Waals surface area contributed by atoms with Gasteiger partial charge in [0.15, 0.2) is 0 Å². The topological polar surface area (TPSA) is 55.2 Å². The van der Waals surface area contributed by atoms with Crippen LogP contribution in [-0.2, 0) is 20.0 Å². The van der Waals surface area contributed by atoms with Gasteiger partial charge in [0.25, 0.3) is 0 Å². The van der Waals surface area contributed by atoms with Crippen LogP contribution in [0.15, 0.2) is 18.5 Å². The lowest BCUT2D eigenvalue weighted by molar-refractivity contribution is 0.400. The molecular formula is C15H23N5O. The number of nitrogens with zero attached hydrogens (tertiary/aromatic N) is 4. The quantitative estimate of drug-likeness (QED) is 0.882. The molecule has 2 rings (SSSR count). The number of nitrogens with one attached hydrogen (secondary N) is 1. The Morgan fingerprint density at radius 1 is 1.38 bits per heavy atom. The summed E-state index contributed by atoms with van der Waals surface area (Å²) in [7, 11) is 7.58. The SMILES string of the molecule is CCc1nn(C)cc1CNc1c(N(C)C)ccnc1OC. The minimum Gasteiger partial charge on any atom is -0.479 e. The standard InChI is InChI=1S/C15H23N5O/c1-6-12-11(10-20(4)18-12)9-17-14-13(19(2)3)7-8-16-15(14)21-5/h7-8,10,17H,6,9H2,1-5H3. The first-order valence-electron chi connectivity index (χ1n) is 7.02. The number of anilines is 2. The van der Waals surface area contributed by atoms with Gasteiger partial charge in [-0.3, -0.25) is 4.68 Å². The number of aromatic nitrogens is 3. The highest BCUT2D eigenvalue weighted by atomic mass is 16.5. The highest BCUT2D eigenvalue weighted by Crippen LogP contribution is 2.32. The summed E-state index contributed by atoms with van der Waals surface area (Å²) in [6.45, 7) is 2.81. The summed E-state index contributed by atoms with van der Waals surface area (Å²) in [6.07, 6.45) is 4.72. The molecule has 0 aliphatic carbocycles. The van der Waals surface area contributed by atoms with Crippen molar-refractivity contribution in [2.75, 3.05) is 31.4 Å². The lowest BCUT2D eigenvalue weighted by Gasteiger charge is -2.20. The van der Waals surface area contributed by atoms with Crippen molar-refractivity contribution < 1.29 is 4.74 Å². The van der Waals surface area contributed by atoms with Crippen LogP contribution >= 0.6 is 0 Å². The molecule has 0 amide bonds. The predicted molar refractivity (Wildman–Crippen MR) is 85.0 cm³/mol. The summed E-state index contributed by atoms with van der Waals surface area (Å²) in [5.41, 5.74) is 4.24. The van der Waals surface area contributed by atoms with E-state index in [1.807, 2.05) is 43.0 Å². The van der Waals surface area contributed by atoms with Crippen LogP contribution in [0.25, 0.3) is 0 Å². The minimum atomic E-state index is 0.600.